The Balaban J connectivity index is 1.44. The minimum Gasteiger partial charge on any atom is -0.497 e. The average Bonchev–Trinajstić information content (AvgIpc) is 4.05. The second-order valence-corrected chi connectivity index (χ2v) is 20.4. The molecule has 3 heterocycles. The molecule has 2 saturated carbocycles. The highest BCUT2D eigenvalue weighted by molar-refractivity contribution is 7.91. The zero-order chi connectivity index (χ0) is 44.9. The van der Waals surface area contributed by atoms with Gasteiger partial charge in [-0.3, -0.25) is 19.1 Å². The summed E-state index contributed by atoms with van der Waals surface area (Å²) in [7, 11) is -2.84. The van der Waals surface area contributed by atoms with Crippen LogP contribution in [0.3, 0.4) is 0 Å². The predicted octanol–water partition coefficient (Wildman–Crippen LogP) is 5.74. The van der Waals surface area contributed by atoms with Crippen LogP contribution in [0.15, 0.2) is 18.2 Å². The number of cyclic esters (lactones) is 1. The van der Waals surface area contributed by atoms with E-state index in [9.17, 15) is 36.4 Å². The van der Waals surface area contributed by atoms with Gasteiger partial charge in [0.05, 0.1) is 29.4 Å². The van der Waals surface area contributed by atoms with E-state index in [1.165, 1.54) is 26.2 Å². The quantitative estimate of drug-likeness (QED) is 0.260. The topological polar surface area (TPSA) is 195 Å². The van der Waals surface area contributed by atoms with E-state index in [1.54, 1.807) is 40.7 Å². The molecule has 1 saturated heterocycles. The fourth-order valence-electron chi connectivity index (χ4n) is 8.33. The van der Waals surface area contributed by atoms with Gasteiger partial charge >= 0.3 is 6.09 Å². The van der Waals surface area contributed by atoms with E-state index >= 15 is 8.78 Å². The number of hydrogen-bond donors (Lipinski definition) is 3. The van der Waals surface area contributed by atoms with Crippen molar-refractivity contribution in [3.63, 3.8) is 0 Å². The van der Waals surface area contributed by atoms with Crippen molar-refractivity contribution < 1.29 is 59.4 Å². The van der Waals surface area contributed by atoms with Crippen LogP contribution >= 0.6 is 0 Å². The number of fused-ring (bicyclic) bond motifs is 4. The monoisotopic (exact) mass is 884 g/mol. The second-order valence-electron chi connectivity index (χ2n) is 18.2. The van der Waals surface area contributed by atoms with Gasteiger partial charge in [0.25, 0.3) is 11.8 Å². The molecule has 61 heavy (non-hydrogen) atoms. The molecule has 4 amide bonds. The number of carbonyl (C=O) groups is 4. The number of carbonyl (C=O) groups excluding carboxylic acids is 4. The van der Waals surface area contributed by atoms with Crippen molar-refractivity contribution in [1.29, 1.82) is 0 Å². The molecule has 15 nitrogen and oxygen atoms in total. The first kappa shape index (κ1) is 46.0. The van der Waals surface area contributed by atoms with Crippen LogP contribution in [0.25, 0.3) is 11.0 Å². The molecule has 338 valence electrons. The van der Waals surface area contributed by atoms with Gasteiger partial charge in [-0.1, -0.05) is 34.1 Å². The van der Waals surface area contributed by atoms with Gasteiger partial charge in [0.2, 0.25) is 34.1 Å². The number of ether oxygens (including phenoxy) is 3. The first-order chi connectivity index (χ1) is 28.4. The highest BCUT2D eigenvalue weighted by Gasteiger charge is 2.65. The summed E-state index contributed by atoms with van der Waals surface area (Å²) >= 11 is 0. The molecule has 1 aromatic heterocycles. The lowest BCUT2D eigenvalue weighted by molar-refractivity contribution is -0.143. The maximum absolute atomic E-state index is 16.3. The Morgan fingerprint density at radius 3 is 2.39 bits per heavy atom. The molecule has 1 aromatic carbocycles. The molecule has 1 unspecified atom stereocenters. The SMILES string of the molecule is CC[C@@H]1[C@@H]2CN(C(=O)[C@H](C(C)(C)C)NC(=O)OC(C)CCCCCC(F)(F)c3nc4ccc(OC)cc4nc3O2)[C@@H]1C(=O)N[C@]1(C(=O)NS(=O)(=O)C2(C)CC2)C[C@H]1CC(F)F. The molecule has 6 rings (SSSR count). The molecule has 2 bridgehead atoms. The first-order valence-corrected chi connectivity index (χ1v) is 22.3. The summed E-state index contributed by atoms with van der Waals surface area (Å²) in [5, 5.41) is 5.22. The highest BCUT2D eigenvalue weighted by atomic mass is 32.2. The molecule has 0 spiro atoms. The van der Waals surface area contributed by atoms with Gasteiger partial charge < -0.3 is 29.7 Å². The molecule has 2 aliphatic carbocycles. The van der Waals surface area contributed by atoms with Crippen molar-refractivity contribution in [2.24, 2.45) is 17.3 Å². The molecule has 4 aliphatic rings. The van der Waals surface area contributed by atoms with Gasteiger partial charge in [-0.25, -0.2) is 32.0 Å². The molecule has 20 heteroatoms. The third-order valence-electron chi connectivity index (χ3n) is 12.5. The Kier molecular flexibility index (Phi) is 12.8. The molecule has 2 aliphatic heterocycles. The van der Waals surface area contributed by atoms with Gasteiger partial charge in [0, 0.05) is 24.8 Å². The third-order valence-corrected chi connectivity index (χ3v) is 14.7. The maximum atomic E-state index is 16.3. The number of amides is 4. The van der Waals surface area contributed by atoms with Crippen LogP contribution in [-0.2, 0) is 35.1 Å². The van der Waals surface area contributed by atoms with Crippen LogP contribution in [0.1, 0.15) is 111 Å². The van der Waals surface area contributed by atoms with Crippen molar-refractivity contribution in [2.75, 3.05) is 13.7 Å². The van der Waals surface area contributed by atoms with E-state index in [0.29, 0.717) is 25.0 Å². The number of benzene rings is 1. The standard InChI is InChI=1S/C41H56F4N6O9S/c1-8-25-28-21-51(30(25)33(52)49-40(20-23(40)18-29(42)43)36(54)50-61(56,57)39(6)16-17-39)35(53)32(38(3,4)5)48-37(55)59-22(2)12-10-9-11-15-41(44,45)31-34(60-28)47-27-19-24(58-7)13-14-26(27)46-31/h13-14,19,22-23,25,28-30,32H,8-12,15-18,20-21H2,1-7H3,(H,48,55)(H,49,52)(H,50,54)/t22?,23-,25-,28+,30+,32-,40-/m1/s1. The first-order valence-electron chi connectivity index (χ1n) is 20.8. The fraction of sp³-hybridized carbons (Fsp3) is 0.707. The van der Waals surface area contributed by atoms with E-state index in [4.69, 9.17) is 14.2 Å². The van der Waals surface area contributed by atoms with Crippen LogP contribution in [0.5, 0.6) is 11.6 Å². The molecule has 0 radical (unpaired) electrons. The molecule has 3 N–H and O–H groups in total. The summed E-state index contributed by atoms with van der Waals surface area (Å²) in [5.74, 6) is -8.87. The van der Waals surface area contributed by atoms with Gasteiger partial charge in [-0.2, -0.15) is 8.78 Å². The normalized spacial score (nSPS) is 29.3. The van der Waals surface area contributed by atoms with Crippen molar-refractivity contribution in [3.8, 4) is 11.6 Å². The number of alkyl carbamates (subject to hydrolysis) is 1. The lowest BCUT2D eigenvalue weighted by Gasteiger charge is -2.36. The van der Waals surface area contributed by atoms with Crippen molar-refractivity contribution in [3.05, 3.63) is 23.9 Å². The lowest BCUT2D eigenvalue weighted by atomic mass is 9.85. The van der Waals surface area contributed by atoms with Crippen LogP contribution in [-0.4, -0.2) is 102 Å². The van der Waals surface area contributed by atoms with E-state index < -0.39 is 129 Å². The van der Waals surface area contributed by atoms with Crippen LogP contribution in [0.2, 0.25) is 0 Å². The number of nitrogens with one attached hydrogen (secondary N) is 3. The number of rotatable bonds is 9. The summed E-state index contributed by atoms with van der Waals surface area (Å²) in [6.07, 6.45) is -5.61. The minimum atomic E-state index is -4.26. The van der Waals surface area contributed by atoms with Gasteiger partial charge in [-0.15, -0.1) is 0 Å². The average molecular weight is 885 g/mol. The summed E-state index contributed by atoms with van der Waals surface area (Å²) < 4.78 is 105. The van der Waals surface area contributed by atoms with E-state index in [1.807, 2.05) is 4.72 Å². The van der Waals surface area contributed by atoms with Crippen LogP contribution < -0.4 is 24.8 Å². The van der Waals surface area contributed by atoms with Gasteiger partial charge in [-0.05, 0) is 82.3 Å². The predicted molar refractivity (Wildman–Crippen MR) is 213 cm³/mol. The van der Waals surface area contributed by atoms with E-state index in [0.717, 1.165) is 4.90 Å². The summed E-state index contributed by atoms with van der Waals surface area (Å²) in [4.78, 5) is 66.7. The minimum absolute atomic E-state index is 0.0760. The summed E-state index contributed by atoms with van der Waals surface area (Å²) in [6.45, 7) is 9.36. The molecular weight excluding hydrogens is 829 g/mol. The van der Waals surface area contributed by atoms with Crippen molar-refractivity contribution in [1.82, 2.24) is 30.2 Å². The number of sulfonamides is 1. The number of alkyl halides is 4. The summed E-state index contributed by atoms with van der Waals surface area (Å²) in [5.41, 5.74) is -3.54. The number of aromatic nitrogens is 2. The Labute approximate surface area is 352 Å². The third kappa shape index (κ3) is 9.62. The van der Waals surface area contributed by atoms with Gasteiger partial charge in [0.1, 0.15) is 35.6 Å². The largest absolute Gasteiger partial charge is 0.497 e. The lowest BCUT2D eigenvalue weighted by Crippen LogP contribution is -2.61. The Bertz CT molecular complexity index is 2140. The molecular formula is C41H56F4N6O9S. The van der Waals surface area contributed by atoms with Crippen LogP contribution in [0.4, 0.5) is 22.4 Å². The smallest absolute Gasteiger partial charge is 0.408 e. The number of halogens is 4. The Hall–Kier alpha value is -4.49. The van der Waals surface area contributed by atoms with Gasteiger partial charge in [0.15, 0.2) is 5.69 Å². The van der Waals surface area contributed by atoms with E-state index in [-0.39, 0.29) is 43.1 Å². The molecule has 3 fully saturated rings. The van der Waals surface area contributed by atoms with E-state index in [2.05, 4.69) is 20.6 Å². The summed E-state index contributed by atoms with van der Waals surface area (Å²) in [6, 6.07) is 1.65. The van der Waals surface area contributed by atoms with Crippen LogP contribution in [0, 0.1) is 17.3 Å². The zero-order valence-electron chi connectivity index (χ0n) is 35.5. The van der Waals surface area contributed by atoms with Crippen molar-refractivity contribution >= 4 is 44.9 Å². The number of nitrogens with zero attached hydrogens (tertiary/aromatic N) is 3. The zero-order valence-corrected chi connectivity index (χ0v) is 36.3. The second kappa shape index (κ2) is 17.0. The molecule has 7 atom stereocenters. The number of methoxy groups -OCH3 is 1. The Morgan fingerprint density at radius 2 is 1.77 bits per heavy atom. The molecule has 2 aromatic rings. The van der Waals surface area contributed by atoms with Crippen molar-refractivity contribution in [2.45, 2.75) is 153 Å². The fourth-order valence-corrected chi connectivity index (χ4v) is 9.65. The maximum Gasteiger partial charge on any atom is 0.408 e. The Morgan fingerprint density at radius 1 is 1.07 bits per heavy atom. The highest BCUT2D eigenvalue weighted by Crippen LogP contribution is 2.50. The number of hydrogen-bond acceptors (Lipinski definition) is 11.